The van der Waals surface area contributed by atoms with Crippen LogP contribution in [0, 0.1) is 12.8 Å². The van der Waals surface area contributed by atoms with Gasteiger partial charge in [-0.3, -0.25) is 9.88 Å². The fourth-order valence-corrected chi connectivity index (χ4v) is 3.57. The average Bonchev–Trinajstić information content (AvgIpc) is 2.26. The molecule has 1 unspecified atom stereocenters. The molecule has 0 amide bonds. The summed E-state index contributed by atoms with van der Waals surface area (Å²) in [6.07, 6.45) is 6.34. The van der Waals surface area contributed by atoms with Crippen LogP contribution >= 0.6 is 0 Å². The van der Waals surface area contributed by atoms with E-state index in [0.29, 0.717) is 0 Å². The van der Waals surface area contributed by atoms with Gasteiger partial charge in [0, 0.05) is 17.4 Å². The average molecular weight is 258 g/mol. The maximum Gasteiger partial charge on any atom is 0.0442 e. The summed E-state index contributed by atoms with van der Waals surface area (Å²) in [5, 5.41) is 0. The number of nitrogens with zero attached hydrogens (tertiary/aromatic N) is 2. The monoisotopic (exact) mass is 258 g/mol. The van der Waals surface area contributed by atoms with Gasteiger partial charge in [-0.1, -0.05) is 13.8 Å². The van der Waals surface area contributed by atoms with Gasteiger partial charge in [-0.15, -0.1) is 0 Å². The smallest absolute Gasteiger partial charge is 0.0442 e. The van der Waals surface area contributed by atoms with E-state index in [0.717, 1.165) is 12.0 Å². The van der Waals surface area contributed by atoms with Crippen LogP contribution in [0.4, 0.5) is 0 Å². The summed E-state index contributed by atoms with van der Waals surface area (Å²) in [6.45, 7) is 9.42. The quantitative estimate of drug-likeness (QED) is 0.828. The summed E-state index contributed by atoms with van der Waals surface area (Å²) in [6, 6.07) is 3.12. The molecule has 1 atom stereocenters. The van der Waals surface area contributed by atoms with Crippen LogP contribution in [0.5, 0.6) is 0 Å². The summed E-state index contributed by atoms with van der Waals surface area (Å²) >= 11 is 0. The molecular formula is C17H26N2. The number of aryl methyl sites for hydroxylation is 2. The topological polar surface area (TPSA) is 16.1 Å². The van der Waals surface area contributed by atoms with Crippen LogP contribution in [-0.4, -0.2) is 29.0 Å². The Bertz CT molecular complexity index is 461. The standard InChI is InChI=1S/C17H26N2/c1-12(2)9-14-10-13(3)18-17-6-5-15(11-16(14)17)19-7-4-8-19/h10,12,15H,4-9,11H2,1-3H3. The zero-order valence-electron chi connectivity index (χ0n) is 12.6. The maximum absolute atomic E-state index is 4.80. The largest absolute Gasteiger partial charge is 0.300 e. The van der Waals surface area contributed by atoms with E-state index < -0.39 is 0 Å². The van der Waals surface area contributed by atoms with Gasteiger partial charge in [0.25, 0.3) is 0 Å². The Hall–Kier alpha value is -0.890. The first-order valence-electron chi connectivity index (χ1n) is 7.86. The summed E-state index contributed by atoms with van der Waals surface area (Å²) in [5.41, 5.74) is 5.76. The number of hydrogen-bond donors (Lipinski definition) is 0. The van der Waals surface area contributed by atoms with Crippen molar-refractivity contribution in [2.24, 2.45) is 5.92 Å². The Labute approximate surface area is 117 Å². The molecule has 1 fully saturated rings. The van der Waals surface area contributed by atoms with Crippen molar-refractivity contribution >= 4 is 0 Å². The minimum absolute atomic E-state index is 0.732. The van der Waals surface area contributed by atoms with Crippen molar-refractivity contribution in [1.29, 1.82) is 0 Å². The predicted molar refractivity (Wildman–Crippen MR) is 79.5 cm³/mol. The van der Waals surface area contributed by atoms with Gasteiger partial charge < -0.3 is 0 Å². The van der Waals surface area contributed by atoms with E-state index in [4.69, 9.17) is 4.98 Å². The summed E-state index contributed by atoms with van der Waals surface area (Å²) < 4.78 is 0. The third-order valence-electron chi connectivity index (χ3n) is 4.62. The predicted octanol–water partition coefficient (Wildman–Crippen LogP) is 3.15. The minimum atomic E-state index is 0.732. The van der Waals surface area contributed by atoms with E-state index in [1.807, 2.05) is 0 Å². The second-order valence-corrected chi connectivity index (χ2v) is 6.73. The molecule has 2 aliphatic rings. The molecule has 0 saturated carbocycles. The normalized spacial score (nSPS) is 23.3. The molecule has 104 valence electrons. The van der Waals surface area contributed by atoms with Crippen LogP contribution in [0.3, 0.4) is 0 Å². The van der Waals surface area contributed by atoms with Gasteiger partial charge in [0.15, 0.2) is 0 Å². The molecule has 1 aliphatic heterocycles. The van der Waals surface area contributed by atoms with Crippen LogP contribution in [0.15, 0.2) is 6.07 Å². The molecule has 1 aromatic heterocycles. The molecule has 19 heavy (non-hydrogen) atoms. The molecule has 3 rings (SSSR count). The van der Waals surface area contributed by atoms with Crippen molar-refractivity contribution in [2.45, 2.75) is 58.9 Å². The van der Waals surface area contributed by atoms with E-state index in [1.165, 1.54) is 56.6 Å². The summed E-state index contributed by atoms with van der Waals surface area (Å²) in [7, 11) is 0. The molecule has 0 bridgehead atoms. The molecule has 1 saturated heterocycles. The van der Waals surface area contributed by atoms with E-state index in [9.17, 15) is 0 Å². The van der Waals surface area contributed by atoms with Crippen LogP contribution in [0.1, 0.15) is 49.2 Å². The molecule has 0 spiro atoms. The van der Waals surface area contributed by atoms with Gasteiger partial charge in [-0.2, -0.15) is 0 Å². The van der Waals surface area contributed by atoms with Crippen molar-refractivity contribution < 1.29 is 0 Å². The lowest BCUT2D eigenvalue weighted by molar-refractivity contribution is 0.107. The molecular weight excluding hydrogens is 232 g/mol. The van der Waals surface area contributed by atoms with Crippen LogP contribution < -0.4 is 0 Å². The van der Waals surface area contributed by atoms with Gasteiger partial charge in [0.05, 0.1) is 0 Å². The first-order chi connectivity index (χ1) is 9.13. The van der Waals surface area contributed by atoms with E-state index >= 15 is 0 Å². The molecule has 0 radical (unpaired) electrons. The molecule has 1 aromatic rings. The summed E-state index contributed by atoms with van der Waals surface area (Å²) in [5.74, 6) is 0.732. The lowest BCUT2D eigenvalue weighted by Gasteiger charge is -2.41. The second-order valence-electron chi connectivity index (χ2n) is 6.73. The third-order valence-corrected chi connectivity index (χ3v) is 4.62. The third kappa shape index (κ3) is 2.69. The second kappa shape index (κ2) is 5.24. The molecule has 0 aromatic carbocycles. The summed E-state index contributed by atoms with van der Waals surface area (Å²) in [4.78, 5) is 7.47. The Morgan fingerprint density at radius 1 is 1.37 bits per heavy atom. The Morgan fingerprint density at radius 2 is 2.16 bits per heavy atom. The van der Waals surface area contributed by atoms with Gasteiger partial charge in [-0.25, -0.2) is 0 Å². The van der Waals surface area contributed by atoms with E-state index in [2.05, 4.69) is 31.7 Å². The number of fused-ring (bicyclic) bond motifs is 1. The van der Waals surface area contributed by atoms with Crippen LogP contribution in [0.2, 0.25) is 0 Å². The van der Waals surface area contributed by atoms with Gasteiger partial charge in [0.1, 0.15) is 0 Å². The zero-order valence-corrected chi connectivity index (χ0v) is 12.6. The highest BCUT2D eigenvalue weighted by molar-refractivity contribution is 5.36. The number of likely N-dealkylation sites (tertiary alicyclic amines) is 1. The minimum Gasteiger partial charge on any atom is -0.300 e. The van der Waals surface area contributed by atoms with Crippen LogP contribution in [0.25, 0.3) is 0 Å². The molecule has 0 N–H and O–H groups in total. The number of rotatable bonds is 3. The van der Waals surface area contributed by atoms with Crippen molar-refractivity contribution in [3.8, 4) is 0 Å². The van der Waals surface area contributed by atoms with Crippen molar-refractivity contribution in [1.82, 2.24) is 9.88 Å². The first kappa shape index (κ1) is 13.1. The Balaban J connectivity index is 1.87. The SMILES string of the molecule is Cc1cc(CC(C)C)c2c(n1)CCC(N1CCC1)C2. The Morgan fingerprint density at radius 3 is 2.79 bits per heavy atom. The van der Waals surface area contributed by atoms with Crippen molar-refractivity contribution in [3.63, 3.8) is 0 Å². The highest BCUT2D eigenvalue weighted by atomic mass is 15.2. The molecule has 2 nitrogen and oxygen atoms in total. The lowest BCUT2D eigenvalue weighted by Crippen LogP contribution is -2.47. The van der Waals surface area contributed by atoms with Crippen LogP contribution in [-0.2, 0) is 19.3 Å². The highest BCUT2D eigenvalue weighted by Gasteiger charge is 2.29. The number of pyridine rings is 1. The Kier molecular flexibility index (Phi) is 3.62. The molecule has 1 aliphatic carbocycles. The van der Waals surface area contributed by atoms with Gasteiger partial charge in [0.2, 0.25) is 0 Å². The highest BCUT2D eigenvalue weighted by Crippen LogP contribution is 2.29. The fraction of sp³-hybridized carbons (Fsp3) is 0.706. The zero-order chi connectivity index (χ0) is 13.4. The maximum atomic E-state index is 4.80. The van der Waals surface area contributed by atoms with Crippen molar-refractivity contribution in [3.05, 3.63) is 28.6 Å². The first-order valence-corrected chi connectivity index (χ1v) is 7.86. The number of hydrogen-bond acceptors (Lipinski definition) is 2. The van der Waals surface area contributed by atoms with E-state index in [1.54, 1.807) is 11.1 Å². The van der Waals surface area contributed by atoms with E-state index in [-0.39, 0.29) is 0 Å². The van der Waals surface area contributed by atoms with Gasteiger partial charge >= 0.3 is 0 Å². The lowest BCUT2D eigenvalue weighted by atomic mass is 9.84. The van der Waals surface area contributed by atoms with Crippen molar-refractivity contribution in [2.75, 3.05) is 13.1 Å². The van der Waals surface area contributed by atoms with Gasteiger partial charge in [-0.05, 0) is 75.2 Å². The molecule has 2 heterocycles. The fourth-order valence-electron chi connectivity index (χ4n) is 3.57. The number of aromatic nitrogens is 1. The molecule has 2 heteroatoms.